The van der Waals surface area contributed by atoms with Crippen molar-refractivity contribution in [3.8, 4) is 17.1 Å². The molecule has 30 heavy (non-hydrogen) atoms. The number of fused-ring (bicyclic) bond motifs is 1. The second kappa shape index (κ2) is 7.79. The number of aromatic carboxylic acids is 1. The van der Waals surface area contributed by atoms with Gasteiger partial charge in [-0.15, -0.1) is 0 Å². The molecular formula is C22H19N5O2S. The lowest BCUT2D eigenvalue weighted by molar-refractivity contribution is 0.0697. The van der Waals surface area contributed by atoms with Gasteiger partial charge in [0.15, 0.2) is 0 Å². The molecule has 1 aliphatic rings. The summed E-state index contributed by atoms with van der Waals surface area (Å²) in [5.41, 5.74) is 3.16. The molecule has 1 fully saturated rings. The maximum atomic E-state index is 11.2. The van der Waals surface area contributed by atoms with Crippen LogP contribution in [0.2, 0.25) is 0 Å². The zero-order chi connectivity index (χ0) is 20.5. The summed E-state index contributed by atoms with van der Waals surface area (Å²) in [5, 5.41) is 14.3. The Kier molecular flexibility index (Phi) is 4.84. The molecule has 0 radical (unpaired) electrons. The first kappa shape index (κ1) is 18.6. The van der Waals surface area contributed by atoms with Crippen molar-refractivity contribution in [2.45, 2.75) is 0 Å². The summed E-state index contributed by atoms with van der Waals surface area (Å²) in [6, 6.07) is 16.4. The zero-order valence-electron chi connectivity index (χ0n) is 16.1. The molecule has 0 bridgehead atoms. The van der Waals surface area contributed by atoms with Crippen LogP contribution < -0.4 is 4.90 Å². The SMILES string of the molecule is O=C(O)c1cnn(-c2nc(N3CCSCC3)c3cc(-c4ccccc4)ccc3n2)c1. The van der Waals surface area contributed by atoms with Gasteiger partial charge in [-0.05, 0) is 23.3 Å². The van der Waals surface area contributed by atoms with Gasteiger partial charge in [0.1, 0.15) is 5.82 Å². The largest absolute Gasteiger partial charge is 0.478 e. The summed E-state index contributed by atoms with van der Waals surface area (Å²) in [6.07, 6.45) is 2.75. The van der Waals surface area contributed by atoms with E-state index in [9.17, 15) is 9.90 Å². The van der Waals surface area contributed by atoms with Gasteiger partial charge in [-0.25, -0.2) is 14.5 Å². The number of hydrogen-bond acceptors (Lipinski definition) is 6. The van der Waals surface area contributed by atoms with Crippen molar-refractivity contribution in [3.63, 3.8) is 0 Å². The first-order valence-electron chi connectivity index (χ1n) is 9.67. The zero-order valence-corrected chi connectivity index (χ0v) is 16.9. The predicted octanol–water partition coefficient (Wildman–Crippen LogP) is 3.73. The fraction of sp³-hybridized carbons (Fsp3) is 0.182. The van der Waals surface area contributed by atoms with Crippen molar-refractivity contribution in [2.24, 2.45) is 0 Å². The van der Waals surface area contributed by atoms with Gasteiger partial charge in [0.05, 0.1) is 17.3 Å². The minimum atomic E-state index is -1.03. The van der Waals surface area contributed by atoms with Crippen molar-refractivity contribution in [2.75, 3.05) is 29.5 Å². The highest BCUT2D eigenvalue weighted by atomic mass is 32.2. The average Bonchev–Trinajstić information content (AvgIpc) is 3.30. The van der Waals surface area contributed by atoms with Gasteiger partial charge in [0, 0.05) is 36.2 Å². The molecule has 0 unspecified atom stereocenters. The highest BCUT2D eigenvalue weighted by Crippen LogP contribution is 2.31. The Hall–Kier alpha value is -3.39. The Balaban J connectivity index is 1.67. The molecule has 0 aliphatic carbocycles. The minimum absolute atomic E-state index is 0.106. The molecule has 1 saturated heterocycles. The van der Waals surface area contributed by atoms with E-state index in [0.717, 1.165) is 52.4 Å². The molecule has 4 aromatic rings. The number of anilines is 1. The van der Waals surface area contributed by atoms with Crippen molar-refractivity contribution >= 4 is 34.5 Å². The monoisotopic (exact) mass is 417 g/mol. The number of thioether (sulfide) groups is 1. The Morgan fingerprint density at radius 3 is 2.53 bits per heavy atom. The fourth-order valence-corrected chi connectivity index (χ4v) is 4.47. The number of hydrogen-bond donors (Lipinski definition) is 1. The highest BCUT2D eigenvalue weighted by molar-refractivity contribution is 7.99. The van der Waals surface area contributed by atoms with E-state index in [1.54, 1.807) is 0 Å². The smallest absolute Gasteiger partial charge is 0.338 e. The molecule has 1 N–H and O–H groups in total. The van der Waals surface area contributed by atoms with Gasteiger partial charge in [0.2, 0.25) is 0 Å². The van der Waals surface area contributed by atoms with E-state index in [1.165, 1.54) is 17.1 Å². The minimum Gasteiger partial charge on any atom is -0.478 e. The van der Waals surface area contributed by atoms with E-state index in [1.807, 2.05) is 36.0 Å². The normalized spacial score (nSPS) is 14.2. The summed E-state index contributed by atoms with van der Waals surface area (Å²) in [7, 11) is 0. The molecule has 5 rings (SSSR count). The standard InChI is InChI=1S/C22H19N5O2S/c28-21(29)17-13-23-27(14-17)22-24-19-7-6-16(15-4-2-1-3-5-15)12-18(19)20(25-22)26-8-10-30-11-9-26/h1-7,12-14H,8-11H2,(H,28,29). The van der Waals surface area contributed by atoms with Crippen LogP contribution in [-0.4, -0.2) is 55.4 Å². The lowest BCUT2D eigenvalue weighted by atomic mass is 10.0. The third-order valence-corrected chi connectivity index (χ3v) is 6.06. The molecule has 2 aromatic heterocycles. The molecule has 3 heterocycles. The van der Waals surface area contributed by atoms with Crippen LogP contribution in [0, 0.1) is 0 Å². The number of benzene rings is 2. The van der Waals surface area contributed by atoms with Crippen molar-refractivity contribution < 1.29 is 9.90 Å². The lowest BCUT2D eigenvalue weighted by Crippen LogP contribution is -2.33. The molecule has 150 valence electrons. The summed E-state index contributed by atoms with van der Waals surface area (Å²) < 4.78 is 1.43. The Morgan fingerprint density at radius 2 is 1.80 bits per heavy atom. The van der Waals surface area contributed by atoms with Crippen LogP contribution in [0.25, 0.3) is 28.0 Å². The first-order chi connectivity index (χ1) is 14.7. The molecule has 0 amide bonds. The van der Waals surface area contributed by atoms with E-state index < -0.39 is 5.97 Å². The van der Waals surface area contributed by atoms with Crippen LogP contribution in [0.1, 0.15) is 10.4 Å². The van der Waals surface area contributed by atoms with Crippen LogP contribution >= 0.6 is 11.8 Å². The number of aromatic nitrogens is 4. The van der Waals surface area contributed by atoms with E-state index in [-0.39, 0.29) is 5.56 Å². The summed E-state index contributed by atoms with van der Waals surface area (Å²) in [5.74, 6) is 2.30. The molecular weight excluding hydrogens is 398 g/mol. The molecule has 0 atom stereocenters. The third-order valence-electron chi connectivity index (χ3n) is 5.12. The fourth-order valence-electron chi connectivity index (χ4n) is 3.57. The molecule has 1 aliphatic heterocycles. The molecule has 8 heteroatoms. The quantitative estimate of drug-likeness (QED) is 0.541. The number of carboxylic acid groups (broad SMARTS) is 1. The van der Waals surface area contributed by atoms with E-state index in [4.69, 9.17) is 4.98 Å². The van der Waals surface area contributed by atoms with Crippen molar-refractivity contribution in [1.82, 2.24) is 19.7 Å². The van der Waals surface area contributed by atoms with Gasteiger partial charge in [-0.3, -0.25) is 0 Å². The van der Waals surface area contributed by atoms with E-state index in [2.05, 4.69) is 39.2 Å². The first-order valence-corrected chi connectivity index (χ1v) is 10.8. The van der Waals surface area contributed by atoms with Gasteiger partial charge < -0.3 is 10.0 Å². The van der Waals surface area contributed by atoms with Gasteiger partial charge in [-0.2, -0.15) is 21.8 Å². The molecule has 0 spiro atoms. The number of carboxylic acids is 1. The number of nitrogens with zero attached hydrogens (tertiary/aromatic N) is 5. The summed E-state index contributed by atoms with van der Waals surface area (Å²) in [4.78, 5) is 23.0. The third kappa shape index (κ3) is 3.50. The lowest BCUT2D eigenvalue weighted by Gasteiger charge is -2.28. The summed E-state index contributed by atoms with van der Waals surface area (Å²) in [6.45, 7) is 1.82. The number of rotatable bonds is 4. The van der Waals surface area contributed by atoms with Gasteiger partial charge in [-0.1, -0.05) is 36.4 Å². The van der Waals surface area contributed by atoms with Crippen LogP contribution in [0.5, 0.6) is 0 Å². The Bertz CT molecular complexity index is 1220. The van der Waals surface area contributed by atoms with Gasteiger partial charge >= 0.3 is 5.97 Å². The van der Waals surface area contributed by atoms with Crippen LogP contribution in [0.4, 0.5) is 5.82 Å². The predicted molar refractivity (Wildman–Crippen MR) is 119 cm³/mol. The topological polar surface area (TPSA) is 84.1 Å². The van der Waals surface area contributed by atoms with E-state index >= 15 is 0 Å². The van der Waals surface area contributed by atoms with Crippen LogP contribution in [-0.2, 0) is 0 Å². The van der Waals surface area contributed by atoms with E-state index in [0.29, 0.717) is 5.95 Å². The maximum Gasteiger partial charge on any atom is 0.338 e. The molecule has 0 saturated carbocycles. The van der Waals surface area contributed by atoms with Crippen molar-refractivity contribution in [1.29, 1.82) is 0 Å². The van der Waals surface area contributed by atoms with Crippen LogP contribution in [0.3, 0.4) is 0 Å². The van der Waals surface area contributed by atoms with Gasteiger partial charge in [0.25, 0.3) is 5.95 Å². The highest BCUT2D eigenvalue weighted by Gasteiger charge is 2.19. The average molecular weight is 417 g/mol. The van der Waals surface area contributed by atoms with Crippen LogP contribution in [0.15, 0.2) is 60.9 Å². The molecule has 2 aromatic carbocycles. The maximum absolute atomic E-state index is 11.2. The summed E-state index contributed by atoms with van der Waals surface area (Å²) >= 11 is 1.94. The Morgan fingerprint density at radius 1 is 1.00 bits per heavy atom. The second-order valence-corrected chi connectivity index (χ2v) is 8.25. The molecule has 7 nitrogen and oxygen atoms in total. The second-order valence-electron chi connectivity index (χ2n) is 7.02. The van der Waals surface area contributed by atoms with Crippen molar-refractivity contribution in [3.05, 3.63) is 66.5 Å². The number of carbonyl (C=O) groups is 1. The Labute approximate surface area is 177 Å².